The van der Waals surface area contributed by atoms with Crippen LogP contribution in [0.3, 0.4) is 0 Å². The first-order chi connectivity index (χ1) is 5.79. The summed E-state index contributed by atoms with van der Waals surface area (Å²) in [6.45, 7) is 6.77. The highest BCUT2D eigenvalue weighted by Gasteiger charge is 2.14. The Morgan fingerprint density at radius 1 is 1.33 bits per heavy atom. The predicted octanol–water partition coefficient (Wildman–Crippen LogP) is 1.40. The zero-order chi connectivity index (χ0) is 9.40. The molecule has 0 bridgehead atoms. The molecule has 0 aromatic rings. The lowest BCUT2D eigenvalue weighted by Gasteiger charge is -2.27. The van der Waals surface area contributed by atoms with Crippen LogP contribution in [0, 0.1) is 0 Å². The highest BCUT2D eigenvalue weighted by atomic mass is 35.5. The molecule has 0 saturated carbocycles. The van der Waals surface area contributed by atoms with Crippen molar-refractivity contribution in [3.05, 3.63) is 0 Å². The van der Waals surface area contributed by atoms with E-state index in [9.17, 15) is 0 Å². The van der Waals surface area contributed by atoms with Crippen LogP contribution in [0.2, 0.25) is 6.04 Å². The molecule has 1 atom stereocenters. The molecule has 1 N–H and O–H groups in total. The summed E-state index contributed by atoms with van der Waals surface area (Å²) in [5.41, 5.74) is 0. The number of alkyl halides is 1. The number of hydrogen-bond acceptors (Lipinski definition) is 2. The number of hydrogen-bond donors (Lipinski definition) is 1. The molecule has 0 rings (SSSR count). The Kier molecular flexibility index (Phi) is 8.33. The van der Waals surface area contributed by atoms with Crippen molar-refractivity contribution in [2.45, 2.75) is 26.3 Å². The van der Waals surface area contributed by atoms with Crippen molar-refractivity contribution >= 4 is 20.7 Å². The van der Waals surface area contributed by atoms with Crippen LogP contribution in [-0.4, -0.2) is 39.7 Å². The fourth-order valence-electron chi connectivity index (χ4n) is 1.44. The van der Waals surface area contributed by atoms with Gasteiger partial charge >= 0.3 is 0 Å². The topological polar surface area (TPSA) is 15.3 Å². The Bertz CT molecular complexity index is 99.1. The van der Waals surface area contributed by atoms with E-state index in [1.54, 1.807) is 0 Å². The third-order valence-electron chi connectivity index (χ3n) is 2.20. The van der Waals surface area contributed by atoms with Crippen LogP contribution in [0.1, 0.15) is 20.3 Å². The summed E-state index contributed by atoms with van der Waals surface area (Å²) < 4.78 is 2.55. The van der Waals surface area contributed by atoms with E-state index in [4.69, 9.17) is 11.6 Å². The molecular formula is C8H21ClN2Si. The SMILES string of the molecule is CCN(CC)[SiH](CCCCl)NC. The van der Waals surface area contributed by atoms with Crippen LogP contribution >= 0.6 is 11.6 Å². The van der Waals surface area contributed by atoms with E-state index < -0.39 is 9.12 Å². The highest BCUT2D eigenvalue weighted by Crippen LogP contribution is 2.01. The lowest BCUT2D eigenvalue weighted by Crippen LogP contribution is -2.48. The van der Waals surface area contributed by atoms with Gasteiger partial charge in [-0.15, -0.1) is 11.6 Å². The van der Waals surface area contributed by atoms with Gasteiger partial charge in [-0.25, -0.2) is 0 Å². The molecule has 0 heterocycles. The van der Waals surface area contributed by atoms with Gasteiger partial charge < -0.3 is 9.55 Å². The van der Waals surface area contributed by atoms with Gasteiger partial charge in [-0.3, -0.25) is 0 Å². The summed E-state index contributed by atoms with van der Waals surface area (Å²) in [4.78, 5) is 3.44. The van der Waals surface area contributed by atoms with Gasteiger partial charge in [-0.2, -0.15) is 0 Å². The van der Waals surface area contributed by atoms with E-state index in [2.05, 4.69) is 30.4 Å². The zero-order valence-corrected chi connectivity index (χ0v) is 10.3. The third-order valence-corrected chi connectivity index (χ3v) is 5.70. The molecule has 0 saturated heterocycles. The molecule has 12 heavy (non-hydrogen) atoms. The average molecular weight is 209 g/mol. The van der Waals surface area contributed by atoms with Crippen molar-refractivity contribution in [3.8, 4) is 0 Å². The number of nitrogens with zero attached hydrogens (tertiary/aromatic N) is 1. The second-order valence-electron chi connectivity index (χ2n) is 2.86. The maximum absolute atomic E-state index is 5.67. The first-order valence-corrected chi connectivity index (χ1v) is 7.21. The first-order valence-electron chi connectivity index (χ1n) is 4.77. The normalized spacial score (nSPS) is 13.8. The van der Waals surface area contributed by atoms with Crippen LogP contribution < -0.4 is 4.98 Å². The molecular weight excluding hydrogens is 188 g/mol. The number of halogens is 1. The Balaban J connectivity index is 3.75. The van der Waals surface area contributed by atoms with Crippen LogP contribution in [0.25, 0.3) is 0 Å². The Morgan fingerprint density at radius 2 is 1.92 bits per heavy atom. The minimum atomic E-state index is -0.847. The summed E-state index contributed by atoms with van der Waals surface area (Å²) in [6, 6.07) is 1.28. The molecule has 0 aliphatic heterocycles. The summed E-state index contributed by atoms with van der Waals surface area (Å²) in [5, 5.41) is 0. The third kappa shape index (κ3) is 4.45. The van der Waals surface area contributed by atoms with E-state index in [0.717, 1.165) is 25.4 Å². The standard InChI is InChI=1S/C8H21ClN2Si/c1-4-11(5-2)12(10-3)8-6-7-9/h10,12H,4-8H2,1-3H3. The average Bonchev–Trinajstić information content (AvgIpc) is 2.12. The van der Waals surface area contributed by atoms with Crippen molar-refractivity contribution in [1.29, 1.82) is 0 Å². The Morgan fingerprint density at radius 3 is 2.25 bits per heavy atom. The fraction of sp³-hybridized carbons (Fsp3) is 1.00. The Labute approximate surface area is 83.0 Å². The maximum Gasteiger partial charge on any atom is 0.187 e. The predicted molar refractivity (Wildman–Crippen MR) is 59.3 cm³/mol. The molecule has 74 valence electrons. The minimum Gasteiger partial charge on any atom is -0.331 e. The van der Waals surface area contributed by atoms with E-state index in [-0.39, 0.29) is 0 Å². The van der Waals surface area contributed by atoms with Crippen LogP contribution in [-0.2, 0) is 0 Å². The molecule has 0 fully saturated rings. The number of rotatable bonds is 7. The van der Waals surface area contributed by atoms with Crippen molar-refractivity contribution in [3.63, 3.8) is 0 Å². The minimum absolute atomic E-state index is 0.798. The van der Waals surface area contributed by atoms with Crippen molar-refractivity contribution in [2.75, 3.05) is 26.0 Å². The fourth-order valence-corrected chi connectivity index (χ4v) is 4.35. The second kappa shape index (κ2) is 8.04. The van der Waals surface area contributed by atoms with Crippen LogP contribution in [0.4, 0.5) is 0 Å². The molecule has 0 aromatic carbocycles. The van der Waals surface area contributed by atoms with Gasteiger partial charge in [0.05, 0.1) is 0 Å². The van der Waals surface area contributed by atoms with Gasteiger partial charge in [-0.05, 0) is 32.6 Å². The molecule has 2 nitrogen and oxygen atoms in total. The molecule has 0 aromatic heterocycles. The van der Waals surface area contributed by atoms with E-state index in [0.29, 0.717) is 0 Å². The molecule has 0 radical (unpaired) electrons. The van der Waals surface area contributed by atoms with Crippen molar-refractivity contribution < 1.29 is 0 Å². The van der Waals surface area contributed by atoms with Crippen LogP contribution in [0.15, 0.2) is 0 Å². The molecule has 0 spiro atoms. The molecule has 0 aliphatic rings. The monoisotopic (exact) mass is 208 g/mol. The van der Waals surface area contributed by atoms with Gasteiger partial charge in [0.25, 0.3) is 0 Å². The molecule has 0 aliphatic carbocycles. The van der Waals surface area contributed by atoms with Gasteiger partial charge in [0.2, 0.25) is 0 Å². The van der Waals surface area contributed by atoms with Crippen LogP contribution in [0.5, 0.6) is 0 Å². The van der Waals surface area contributed by atoms with E-state index in [1.807, 2.05) is 0 Å². The smallest absolute Gasteiger partial charge is 0.187 e. The van der Waals surface area contributed by atoms with Gasteiger partial charge in [-0.1, -0.05) is 13.8 Å². The van der Waals surface area contributed by atoms with E-state index in [1.165, 1.54) is 6.04 Å². The summed E-state index contributed by atoms with van der Waals surface area (Å²) in [6.07, 6.45) is 1.15. The quantitative estimate of drug-likeness (QED) is 0.503. The lowest BCUT2D eigenvalue weighted by molar-refractivity contribution is 0.468. The van der Waals surface area contributed by atoms with Crippen molar-refractivity contribution in [1.82, 2.24) is 9.55 Å². The Hall–Kier alpha value is 0.427. The lowest BCUT2D eigenvalue weighted by atomic mass is 10.6. The van der Waals surface area contributed by atoms with Gasteiger partial charge in [0, 0.05) is 5.88 Å². The highest BCUT2D eigenvalue weighted by molar-refractivity contribution is 6.52. The second-order valence-corrected chi connectivity index (χ2v) is 6.15. The number of nitrogens with one attached hydrogen (secondary N) is 1. The van der Waals surface area contributed by atoms with Crippen molar-refractivity contribution in [2.24, 2.45) is 0 Å². The molecule has 1 unspecified atom stereocenters. The first kappa shape index (κ1) is 12.4. The zero-order valence-electron chi connectivity index (χ0n) is 8.44. The summed E-state index contributed by atoms with van der Waals surface area (Å²) >= 11 is 5.67. The van der Waals surface area contributed by atoms with Gasteiger partial charge in [0.15, 0.2) is 9.12 Å². The largest absolute Gasteiger partial charge is 0.331 e. The molecule has 0 amide bonds. The maximum atomic E-state index is 5.67. The summed E-state index contributed by atoms with van der Waals surface area (Å²) in [7, 11) is 1.23. The molecule has 4 heteroatoms. The van der Waals surface area contributed by atoms with E-state index >= 15 is 0 Å². The summed E-state index contributed by atoms with van der Waals surface area (Å²) in [5.74, 6) is 0.798. The van der Waals surface area contributed by atoms with Gasteiger partial charge in [0.1, 0.15) is 0 Å².